The second-order valence-corrected chi connectivity index (χ2v) is 7.27. The first kappa shape index (κ1) is 20.5. The summed E-state index contributed by atoms with van der Waals surface area (Å²) in [6, 6.07) is 9.25. The molecule has 6 nitrogen and oxygen atoms in total. The Hall–Kier alpha value is -2.85. The molecule has 1 aromatic heterocycles. The number of nitrogens with one attached hydrogen (secondary N) is 1. The van der Waals surface area contributed by atoms with Crippen molar-refractivity contribution in [2.75, 3.05) is 11.9 Å². The predicted octanol–water partition coefficient (Wildman–Crippen LogP) is 4.00. The third-order valence-corrected chi connectivity index (χ3v) is 4.75. The minimum Gasteiger partial charge on any atom is -0.482 e. The average Bonchev–Trinajstić information content (AvgIpc) is 3.06. The summed E-state index contributed by atoms with van der Waals surface area (Å²) in [5, 5.41) is 13.7. The highest BCUT2D eigenvalue weighted by molar-refractivity contribution is 7.14. The molecule has 0 bridgehead atoms. The van der Waals surface area contributed by atoms with Gasteiger partial charge in [0.25, 0.3) is 5.91 Å². The van der Waals surface area contributed by atoms with Crippen molar-refractivity contribution in [2.45, 2.75) is 39.7 Å². The highest BCUT2D eigenvalue weighted by atomic mass is 32.1. The van der Waals surface area contributed by atoms with E-state index < -0.39 is 18.0 Å². The summed E-state index contributed by atoms with van der Waals surface area (Å²) in [6.07, 6.45) is -1.00. The highest BCUT2D eigenvalue weighted by Crippen LogP contribution is 2.24. The van der Waals surface area contributed by atoms with E-state index in [0.29, 0.717) is 22.2 Å². The highest BCUT2D eigenvalue weighted by Gasteiger charge is 2.20. The SMILES string of the molecule is Cc1cc(OCC(=O)O[C@@H](C)C(=O)Nc2sccc2C#N)ccc1C(C)C. The fourth-order valence-electron chi connectivity index (χ4n) is 2.52. The van der Waals surface area contributed by atoms with Crippen LogP contribution in [-0.4, -0.2) is 24.6 Å². The molecule has 0 aliphatic heterocycles. The fraction of sp³-hybridized carbons (Fsp3) is 0.350. The molecule has 1 heterocycles. The maximum Gasteiger partial charge on any atom is 0.344 e. The fourth-order valence-corrected chi connectivity index (χ4v) is 3.26. The van der Waals surface area contributed by atoms with E-state index in [1.807, 2.05) is 31.2 Å². The van der Waals surface area contributed by atoms with Crippen molar-refractivity contribution < 1.29 is 19.1 Å². The van der Waals surface area contributed by atoms with Gasteiger partial charge in [-0.1, -0.05) is 19.9 Å². The first-order valence-corrected chi connectivity index (χ1v) is 9.41. The van der Waals surface area contributed by atoms with E-state index in [9.17, 15) is 9.59 Å². The number of anilines is 1. The zero-order valence-corrected chi connectivity index (χ0v) is 16.6. The Morgan fingerprint density at radius 2 is 2.00 bits per heavy atom. The Kier molecular flexibility index (Phi) is 6.97. The van der Waals surface area contributed by atoms with Crippen molar-refractivity contribution in [2.24, 2.45) is 0 Å². The van der Waals surface area contributed by atoms with Gasteiger partial charge in [0.15, 0.2) is 12.7 Å². The van der Waals surface area contributed by atoms with Gasteiger partial charge < -0.3 is 14.8 Å². The largest absolute Gasteiger partial charge is 0.482 e. The van der Waals surface area contributed by atoms with Gasteiger partial charge in [0.2, 0.25) is 0 Å². The van der Waals surface area contributed by atoms with Gasteiger partial charge in [0.05, 0.1) is 5.56 Å². The molecule has 1 N–H and O–H groups in total. The summed E-state index contributed by atoms with van der Waals surface area (Å²) in [6.45, 7) is 7.40. The molecule has 0 aliphatic rings. The molecular formula is C20H22N2O4S. The number of hydrogen-bond acceptors (Lipinski definition) is 6. The molecule has 0 aliphatic carbocycles. The Balaban J connectivity index is 1.85. The lowest BCUT2D eigenvalue weighted by Crippen LogP contribution is -2.31. The molecule has 142 valence electrons. The van der Waals surface area contributed by atoms with Crippen molar-refractivity contribution in [3.05, 3.63) is 46.3 Å². The van der Waals surface area contributed by atoms with Crippen molar-refractivity contribution in [3.63, 3.8) is 0 Å². The molecule has 0 fully saturated rings. The summed E-state index contributed by atoms with van der Waals surface area (Å²) in [7, 11) is 0. The molecule has 1 amide bonds. The molecule has 2 aromatic rings. The molecule has 0 saturated carbocycles. The first-order chi connectivity index (χ1) is 12.8. The third-order valence-electron chi connectivity index (χ3n) is 3.92. The van der Waals surface area contributed by atoms with E-state index in [-0.39, 0.29) is 6.61 Å². The number of carbonyl (C=O) groups is 2. The van der Waals surface area contributed by atoms with Gasteiger partial charge in [-0.3, -0.25) is 4.79 Å². The van der Waals surface area contributed by atoms with Crippen molar-refractivity contribution >= 4 is 28.2 Å². The summed E-state index contributed by atoms with van der Waals surface area (Å²) in [5.41, 5.74) is 2.68. The zero-order valence-electron chi connectivity index (χ0n) is 15.7. The standard InChI is InChI=1S/C20H22N2O4S/c1-12(2)17-6-5-16(9-13(17)3)25-11-18(23)26-14(4)19(24)22-20-15(10-21)7-8-27-20/h5-9,12,14H,11H2,1-4H3,(H,22,24)/t14-/m0/s1. The van der Waals surface area contributed by atoms with Gasteiger partial charge in [-0.25, -0.2) is 4.79 Å². The van der Waals surface area contributed by atoms with E-state index in [1.54, 1.807) is 11.4 Å². The van der Waals surface area contributed by atoms with Gasteiger partial charge in [0, 0.05) is 0 Å². The maximum atomic E-state index is 12.1. The van der Waals surface area contributed by atoms with Crippen molar-refractivity contribution in [1.82, 2.24) is 0 Å². The van der Waals surface area contributed by atoms with Crippen molar-refractivity contribution in [3.8, 4) is 11.8 Å². The lowest BCUT2D eigenvalue weighted by molar-refractivity contribution is -0.155. The second-order valence-electron chi connectivity index (χ2n) is 6.36. The number of nitrogens with zero attached hydrogens (tertiary/aromatic N) is 1. The number of thiophene rings is 1. The number of aryl methyl sites for hydroxylation is 1. The summed E-state index contributed by atoms with van der Waals surface area (Å²) >= 11 is 1.23. The number of ether oxygens (including phenoxy) is 2. The predicted molar refractivity (Wildman–Crippen MR) is 104 cm³/mol. The van der Waals surface area contributed by atoms with Gasteiger partial charge in [-0.2, -0.15) is 5.26 Å². The van der Waals surface area contributed by atoms with Crippen LogP contribution in [0.15, 0.2) is 29.6 Å². The molecule has 27 heavy (non-hydrogen) atoms. The number of benzene rings is 1. The van der Waals surface area contributed by atoms with Gasteiger partial charge in [0.1, 0.15) is 16.8 Å². The molecular weight excluding hydrogens is 364 g/mol. The van der Waals surface area contributed by atoms with Crippen LogP contribution in [0.1, 0.15) is 43.4 Å². The Morgan fingerprint density at radius 3 is 2.63 bits per heavy atom. The van der Waals surface area contributed by atoms with Crippen LogP contribution in [0.2, 0.25) is 0 Å². The number of rotatable bonds is 7. The van der Waals surface area contributed by atoms with Crippen LogP contribution < -0.4 is 10.1 Å². The summed E-state index contributed by atoms with van der Waals surface area (Å²) in [5.74, 6) is -0.161. The normalized spacial score (nSPS) is 11.6. The van der Waals surface area contributed by atoms with Crippen LogP contribution in [0, 0.1) is 18.3 Å². The number of hydrogen-bond donors (Lipinski definition) is 1. The Labute approximate surface area is 162 Å². The van der Waals surface area contributed by atoms with E-state index >= 15 is 0 Å². The smallest absolute Gasteiger partial charge is 0.344 e. The number of nitriles is 1. The van der Waals surface area contributed by atoms with Crippen LogP contribution in [0.5, 0.6) is 5.75 Å². The maximum absolute atomic E-state index is 12.1. The minimum absolute atomic E-state index is 0.291. The van der Waals surface area contributed by atoms with Gasteiger partial charge in [-0.05, 0) is 54.5 Å². The Morgan fingerprint density at radius 1 is 1.26 bits per heavy atom. The topological polar surface area (TPSA) is 88.4 Å². The van der Waals surface area contributed by atoms with Gasteiger partial charge >= 0.3 is 5.97 Å². The average molecular weight is 386 g/mol. The molecule has 0 spiro atoms. The molecule has 1 atom stereocenters. The van der Waals surface area contributed by atoms with Crippen LogP contribution in [0.25, 0.3) is 0 Å². The quantitative estimate of drug-likeness (QED) is 0.727. The van der Waals surface area contributed by atoms with Crippen LogP contribution >= 0.6 is 11.3 Å². The van der Waals surface area contributed by atoms with E-state index in [0.717, 1.165) is 5.56 Å². The Bertz CT molecular complexity index is 867. The first-order valence-electron chi connectivity index (χ1n) is 8.53. The number of esters is 1. The van der Waals surface area contributed by atoms with Crippen molar-refractivity contribution in [1.29, 1.82) is 5.26 Å². The van der Waals surface area contributed by atoms with Gasteiger partial charge in [-0.15, -0.1) is 11.3 Å². The van der Waals surface area contributed by atoms with E-state index in [2.05, 4.69) is 19.2 Å². The number of carbonyl (C=O) groups excluding carboxylic acids is 2. The van der Waals surface area contributed by atoms with E-state index in [4.69, 9.17) is 14.7 Å². The molecule has 1 aromatic carbocycles. The molecule has 7 heteroatoms. The minimum atomic E-state index is -1.00. The van der Waals surface area contributed by atoms with Crippen LogP contribution in [0.4, 0.5) is 5.00 Å². The summed E-state index contributed by atoms with van der Waals surface area (Å²) in [4.78, 5) is 24.0. The molecule has 2 rings (SSSR count). The third kappa shape index (κ3) is 5.56. The van der Waals surface area contributed by atoms with Crippen LogP contribution in [0.3, 0.4) is 0 Å². The van der Waals surface area contributed by atoms with E-state index in [1.165, 1.54) is 23.8 Å². The lowest BCUT2D eigenvalue weighted by Gasteiger charge is -2.14. The summed E-state index contributed by atoms with van der Waals surface area (Å²) < 4.78 is 10.6. The second kappa shape index (κ2) is 9.19. The number of amides is 1. The van der Waals surface area contributed by atoms with Crippen LogP contribution in [-0.2, 0) is 14.3 Å². The molecule has 0 unspecified atom stereocenters. The monoisotopic (exact) mass is 386 g/mol. The lowest BCUT2D eigenvalue weighted by atomic mass is 9.98. The molecule has 0 radical (unpaired) electrons. The zero-order chi connectivity index (χ0) is 20.0. The molecule has 0 saturated heterocycles.